The molecule has 0 atom stereocenters. The van der Waals surface area contributed by atoms with Gasteiger partial charge in [-0.15, -0.1) is 0 Å². The maximum absolute atomic E-state index is 10.9. The highest BCUT2D eigenvalue weighted by atomic mass is 79.9. The summed E-state index contributed by atoms with van der Waals surface area (Å²) in [6.07, 6.45) is 2.81. The van der Waals surface area contributed by atoms with Crippen LogP contribution < -0.4 is 9.47 Å². The lowest BCUT2D eigenvalue weighted by molar-refractivity contribution is 0.0492. The zero-order valence-electron chi connectivity index (χ0n) is 10.9. The quantitative estimate of drug-likeness (QED) is 0.779. The van der Waals surface area contributed by atoms with Gasteiger partial charge in [0.05, 0.1) is 18.2 Å². The molecule has 0 unspecified atom stereocenters. The fraction of sp³-hybridized carbons (Fsp3) is 0.500. The van der Waals surface area contributed by atoms with Gasteiger partial charge in [-0.2, -0.15) is 0 Å². The SMILES string of the molecule is COc1ccc(C=O)c(Br)c1OCC1CCOCC1. The molecule has 104 valence electrons. The molecule has 1 heterocycles. The van der Waals surface area contributed by atoms with E-state index in [4.69, 9.17) is 14.2 Å². The fourth-order valence-corrected chi connectivity index (χ4v) is 2.59. The highest BCUT2D eigenvalue weighted by Gasteiger charge is 2.18. The average molecular weight is 329 g/mol. The summed E-state index contributed by atoms with van der Waals surface area (Å²) < 4.78 is 17.1. The van der Waals surface area contributed by atoms with E-state index >= 15 is 0 Å². The average Bonchev–Trinajstić information content (AvgIpc) is 2.46. The van der Waals surface area contributed by atoms with Crippen molar-refractivity contribution >= 4 is 22.2 Å². The summed E-state index contributed by atoms with van der Waals surface area (Å²) in [5.74, 6) is 1.72. The minimum absolute atomic E-state index is 0.491. The Morgan fingerprint density at radius 2 is 2.16 bits per heavy atom. The molecule has 4 nitrogen and oxygen atoms in total. The second-order valence-electron chi connectivity index (χ2n) is 4.48. The maximum atomic E-state index is 10.9. The Morgan fingerprint density at radius 1 is 1.42 bits per heavy atom. The van der Waals surface area contributed by atoms with E-state index in [2.05, 4.69) is 15.9 Å². The second kappa shape index (κ2) is 6.91. The van der Waals surface area contributed by atoms with Crippen molar-refractivity contribution in [3.05, 3.63) is 22.2 Å². The Balaban J connectivity index is 2.10. The van der Waals surface area contributed by atoms with Gasteiger partial charge in [0.1, 0.15) is 0 Å². The lowest BCUT2D eigenvalue weighted by atomic mass is 10.0. The number of hydrogen-bond donors (Lipinski definition) is 0. The van der Waals surface area contributed by atoms with Crippen LogP contribution in [-0.2, 0) is 4.74 Å². The van der Waals surface area contributed by atoms with Gasteiger partial charge in [0.15, 0.2) is 17.8 Å². The highest BCUT2D eigenvalue weighted by molar-refractivity contribution is 9.10. The Morgan fingerprint density at radius 3 is 2.79 bits per heavy atom. The molecule has 0 radical (unpaired) electrons. The van der Waals surface area contributed by atoms with Crippen LogP contribution in [0.4, 0.5) is 0 Å². The third-order valence-corrected chi connectivity index (χ3v) is 4.06. The summed E-state index contributed by atoms with van der Waals surface area (Å²) >= 11 is 3.40. The molecule has 0 bridgehead atoms. The second-order valence-corrected chi connectivity index (χ2v) is 5.28. The van der Waals surface area contributed by atoms with Crippen LogP contribution in [0.1, 0.15) is 23.2 Å². The Bertz CT molecular complexity index is 441. The summed E-state index contributed by atoms with van der Waals surface area (Å²) in [6.45, 7) is 2.20. The van der Waals surface area contributed by atoms with Gasteiger partial charge < -0.3 is 14.2 Å². The van der Waals surface area contributed by atoms with Gasteiger partial charge >= 0.3 is 0 Å². The first-order valence-corrected chi connectivity index (χ1v) is 7.07. The number of carbonyl (C=O) groups is 1. The molecule has 2 rings (SSSR count). The van der Waals surface area contributed by atoms with Crippen LogP contribution in [0.5, 0.6) is 11.5 Å². The Labute approximate surface area is 121 Å². The number of methoxy groups -OCH3 is 1. The van der Waals surface area contributed by atoms with Crippen LogP contribution in [0.15, 0.2) is 16.6 Å². The van der Waals surface area contributed by atoms with E-state index in [-0.39, 0.29) is 0 Å². The van der Waals surface area contributed by atoms with Crippen molar-refractivity contribution < 1.29 is 19.0 Å². The van der Waals surface area contributed by atoms with Gasteiger partial charge in [0.2, 0.25) is 0 Å². The molecular formula is C14H17BrO4. The molecule has 1 aliphatic rings. The van der Waals surface area contributed by atoms with Crippen LogP contribution in [0, 0.1) is 5.92 Å². The number of hydrogen-bond acceptors (Lipinski definition) is 4. The molecule has 5 heteroatoms. The van der Waals surface area contributed by atoms with Crippen molar-refractivity contribution in [2.45, 2.75) is 12.8 Å². The summed E-state index contributed by atoms with van der Waals surface area (Å²) in [5.41, 5.74) is 0.558. The molecule has 1 aromatic carbocycles. The van der Waals surface area contributed by atoms with Gasteiger partial charge in [0.25, 0.3) is 0 Å². The number of carbonyl (C=O) groups excluding carboxylic acids is 1. The molecule has 1 saturated heterocycles. The zero-order chi connectivity index (χ0) is 13.7. The maximum Gasteiger partial charge on any atom is 0.176 e. The smallest absolute Gasteiger partial charge is 0.176 e. The largest absolute Gasteiger partial charge is 0.493 e. The van der Waals surface area contributed by atoms with Crippen molar-refractivity contribution in [3.63, 3.8) is 0 Å². The Hall–Kier alpha value is -1.07. The molecule has 1 aliphatic heterocycles. The monoisotopic (exact) mass is 328 g/mol. The minimum Gasteiger partial charge on any atom is -0.493 e. The van der Waals surface area contributed by atoms with Crippen LogP contribution in [0.3, 0.4) is 0 Å². The van der Waals surface area contributed by atoms with E-state index in [1.165, 1.54) is 0 Å². The van der Waals surface area contributed by atoms with E-state index < -0.39 is 0 Å². The first-order valence-electron chi connectivity index (χ1n) is 6.28. The van der Waals surface area contributed by atoms with Crippen LogP contribution in [0.2, 0.25) is 0 Å². The lowest BCUT2D eigenvalue weighted by Gasteiger charge is -2.23. The molecular weight excluding hydrogens is 312 g/mol. The van der Waals surface area contributed by atoms with E-state index in [0.29, 0.717) is 34.1 Å². The Kier molecular flexibility index (Phi) is 5.22. The fourth-order valence-electron chi connectivity index (χ4n) is 2.05. The van der Waals surface area contributed by atoms with E-state index in [1.807, 2.05) is 0 Å². The summed E-state index contributed by atoms with van der Waals surface area (Å²) in [6, 6.07) is 3.45. The molecule has 0 spiro atoms. The summed E-state index contributed by atoms with van der Waals surface area (Å²) in [5, 5.41) is 0. The molecule has 1 fully saturated rings. The van der Waals surface area contributed by atoms with Crippen LogP contribution in [0.25, 0.3) is 0 Å². The molecule has 1 aromatic rings. The van der Waals surface area contributed by atoms with Crippen molar-refractivity contribution in [2.24, 2.45) is 5.92 Å². The molecule has 0 aromatic heterocycles. The molecule has 0 N–H and O–H groups in total. The van der Waals surface area contributed by atoms with E-state index in [9.17, 15) is 4.79 Å². The van der Waals surface area contributed by atoms with Gasteiger partial charge in [-0.3, -0.25) is 4.79 Å². The van der Waals surface area contributed by atoms with Crippen molar-refractivity contribution in [1.29, 1.82) is 0 Å². The van der Waals surface area contributed by atoms with Crippen LogP contribution >= 0.6 is 15.9 Å². The van der Waals surface area contributed by atoms with Gasteiger partial charge in [-0.1, -0.05) is 0 Å². The molecule has 0 aliphatic carbocycles. The number of halogens is 1. The van der Waals surface area contributed by atoms with Gasteiger partial charge in [0, 0.05) is 18.8 Å². The topological polar surface area (TPSA) is 44.8 Å². The highest BCUT2D eigenvalue weighted by Crippen LogP contribution is 2.37. The first kappa shape index (κ1) is 14.3. The van der Waals surface area contributed by atoms with Crippen LogP contribution in [-0.4, -0.2) is 33.2 Å². The number of aldehydes is 1. The third kappa shape index (κ3) is 3.48. The van der Waals surface area contributed by atoms with Crippen molar-refractivity contribution in [1.82, 2.24) is 0 Å². The standard InChI is InChI=1S/C14H17BrO4/c1-17-12-3-2-11(8-16)13(15)14(12)19-9-10-4-6-18-7-5-10/h2-3,8,10H,4-7,9H2,1H3. The first-order chi connectivity index (χ1) is 9.26. The summed E-state index contributed by atoms with van der Waals surface area (Å²) in [4.78, 5) is 10.9. The lowest BCUT2D eigenvalue weighted by Crippen LogP contribution is -2.21. The van der Waals surface area contributed by atoms with E-state index in [1.54, 1.807) is 19.2 Å². The van der Waals surface area contributed by atoms with Gasteiger partial charge in [-0.05, 0) is 46.8 Å². The van der Waals surface area contributed by atoms with E-state index in [0.717, 1.165) is 32.3 Å². The van der Waals surface area contributed by atoms with Gasteiger partial charge in [-0.25, -0.2) is 0 Å². The van der Waals surface area contributed by atoms with Crippen molar-refractivity contribution in [2.75, 3.05) is 26.9 Å². The number of rotatable bonds is 5. The molecule has 0 amide bonds. The van der Waals surface area contributed by atoms with Crippen molar-refractivity contribution in [3.8, 4) is 11.5 Å². The predicted octanol–water partition coefficient (Wildman–Crippen LogP) is 3.08. The number of benzene rings is 1. The normalized spacial score (nSPS) is 16.1. The molecule has 0 saturated carbocycles. The minimum atomic E-state index is 0.491. The predicted molar refractivity (Wildman–Crippen MR) is 75.1 cm³/mol. The summed E-state index contributed by atoms with van der Waals surface area (Å²) in [7, 11) is 1.59. The zero-order valence-corrected chi connectivity index (χ0v) is 12.4. The number of ether oxygens (including phenoxy) is 3. The third-order valence-electron chi connectivity index (χ3n) is 3.24. The molecule has 19 heavy (non-hydrogen) atoms.